The van der Waals surface area contributed by atoms with E-state index in [0.29, 0.717) is 38.5 Å². The lowest BCUT2D eigenvalue weighted by Gasteiger charge is -2.34. The van der Waals surface area contributed by atoms with E-state index >= 15 is 0 Å². The minimum absolute atomic E-state index is 0.0434. The number of halogens is 2. The van der Waals surface area contributed by atoms with E-state index < -0.39 is 47.7 Å². The molecule has 144 valence electrons. The molecular formula is C18H22F2O6. The quantitative estimate of drug-likeness (QED) is 0.746. The molecule has 8 heteroatoms. The molecule has 4 aliphatic rings. The van der Waals surface area contributed by atoms with Gasteiger partial charge in [-0.3, -0.25) is 9.59 Å². The van der Waals surface area contributed by atoms with Crippen molar-refractivity contribution in [1.82, 2.24) is 0 Å². The molecule has 0 aromatic heterocycles. The van der Waals surface area contributed by atoms with Gasteiger partial charge in [0.2, 0.25) is 0 Å². The third kappa shape index (κ3) is 2.60. The number of rotatable bonds is 5. The van der Waals surface area contributed by atoms with Gasteiger partial charge >= 0.3 is 23.8 Å². The number of carboxylic acid groups (broad SMARTS) is 1. The van der Waals surface area contributed by atoms with Crippen molar-refractivity contribution in [3.63, 3.8) is 0 Å². The summed E-state index contributed by atoms with van der Waals surface area (Å²) in [6, 6.07) is 0. The molecule has 2 bridgehead atoms. The highest BCUT2D eigenvalue weighted by atomic mass is 19.3. The molecule has 0 radical (unpaired) electrons. The molecule has 4 rings (SSSR count). The molecule has 6 nitrogen and oxygen atoms in total. The van der Waals surface area contributed by atoms with Crippen molar-refractivity contribution in [3.05, 3.63) is 0 Å². The number of carbonyl (C=O) groups excluding carboxylic acids is 2. The Balaban J connectivity index is 1.54. The predicted octanol–water partition coefficient (Wildman–Crippen LogP) is 2.40. The van der Waals surface area contributed by atoms with Crippen LogP contribution in [0, 0.1) is 29.6 Å². The standard InChI is InChI=1S/C18H22F2O6/c19-18(20,17(23)24)14(8-4-2-1-3-5-8)26-15(21)12-9-6-10-11(7-9)25-16(22)13(10)12/h8-14H,1-7H2,(H,23,24). The monoisotopic (exact) mass is 372 g/mol. The molecule has 1 saturated heterocycles. The van der Waals surface area contributed by atoms with Crippen molar-refractivity contribution in [2.75, 3.05) is 0 Å². The summed E-state index contributed by atoms with van der Waals surface area (Å²) in [6.45, 7) is 0. The third-order valence-electron chi connectivity index (χ3n) is 6.72. The van der Waals surface area contributed by atoms with Crippen LogP contribution in [0.2, 0.25) is 0 Å². The summed E-state index contributed by atoms with van der Waals surface area (Å²) in [5, 5.41) is 8.96. The van der Waals surface area contributed by atoms with E-state index in [1.165, 1.54) is 0 Å². The van der Waals surface area contributed by atoms with E-state index in [-0.39, 0.29) is 17.9 Å². The number of ether oxygens (including phenoxy) is 2. The lowest BCUT2D eigenvalue weighted by atomic mass is 9.79. The van der Waals surface area contributed by atoms with Crippen LogP contribution in [0.4, 0.5) is 8.78 Å². The van der Waals surface area contributed by atoms with Gasteiger partial charge in [-0.25, -0.2) is 4.79 Å². The zero-order valence-corrected chi connectivity index (χ0v) is 14.2. The first kappa shape index (κ1) is 17.7. The summed E-state index contributed by atoms with van der Waals surface area (Å²) >= 11 is 0. The maximum Gasteiger partial charge on any atom is 0.378 e. The highest BCUT2D eigenvalue weighted by Gasteiger charge is 2.65. The van der Waals surface area contributed by atoms with Crippen LogP contribution in [-0.2, 0) is 23.9 Å². The first-order valence-electron chi connectivity index (χ1n) is 9.33. The molecular weight excluding hydrogens is 350 g/mol. The number of fused-ring (bicyclic) bond motifs is 1. The number of hydrogen-bond donors (Lipinski definition) is 1. The smallest absolute Gasteiger partial charge is 0.378 e. The topological polar surface area (TPSA) is 89.9 Å². The molecule has 0 spiro atoms. The van der Waals surface area contributed by atoms with Crippen LogP contribution in [0.25, 0.3) is 0 Å². The molecule has 1 N–H and O–H groups in total. The summed E-state index contributed by atoms with van der Waals surface area (Å²) in [5.74, 6) is -10.0. The Kier molecular flexibility index (Phi) is 4.19. The highest BCUT2D eigenvalue weighted by Crippen LogP contribution is 2.58. The Bertz CT molecular complexity index is 627. The van der Waals surface area contributed by atoms with Gasteiger partial charge in [0.15, 0.2) is 6.10 Å². The van der Waals surface area contributed by atoms with E-state index in [0.717, 1.165) is 6.42 Å². The average molecular weight is 372 g/mol. The minimum Gasteiger partial charge on any atom is -0.477 e. The molecule has 26 heavy (non-hydrogen) atoms. The van der Waals surface area contributed by atoms with Gasteiger partial charge in [-0.2, -0.15) is 8.78 Å². The summed E-state index contributed by atoms with van der Waals surface area (Å²) < 4.78 is 39.1. The van der Waals surface area contributed by atoms with E-state index in [2.05, 4.69) is 0 Å². The Hall–Kier alpha value is -1.73. The maximum atomic E-state index is 14.3. The first-order chi connectivity index (χ1) is 12.3. The van der Waals surface area contributed by atoms with Gasteiger partial charge in [0.1, 0.15) is 6.10 Å². The van der Waals surface area contributed by atoms with Gasteiger partial charge in [0.05, 0.1) is 11.8 Å². The van der Waals surface area contributed by atoms with Crippen LogP contribution >= 0.6 is 0 Å². The normalized spacial score (nSPS) is 37.5. The van der Waals surface area contributed by atoms with Gasteiger partial charge in [0.25, 0.3) is 0 Å². The minimum atomic E-state index is -4.14. The van der Waals surface area contributed by atoms with Crippen molar-refractivity contribution in [3.8, 4) is 0 Å². The Labute approximate surface area is 149 Å². The van der Waals surface area contributed by atoms with Gasteiger partial charge in [-0.05, 0) is 31.6 Å². The van der Waals surface area contributed by atoms with Gasteiger partial charge in [-0.1, -0.05) is 19.3 Å². The summed E-state index contributed by atoms with van der Waals surface area (Å²) in [4.78, 5) is 35.9. The number of alkyl halides is 2. The fourth-order valence-electron chi connectivity index (χ4n) is 5.55. The number of carboxylic acids is 1. The fraction of sp³-hybridized carbons (Fsp3) is 0.833. The van der Waals surface area contributed by atoms with Crippen LogP contribution < -0.4 is 0 Å². The number of carbonyl (C=O) groups is 3. The third-order valence-corrected chi connectivity index (χ3v) is 6.72. The molecule has 1 aliphatic heterocycles. The van der Waals surface area contributed by atoms with Crippen LogP contribution in [0.3, 0.4) is 0 Å². The van der Waals surface area contributed by atoms with Crippen LogP contribution in [-0.4, -0.2) is 41.1 Å². The molecule has 0 amide bonds. The summed E-state index contributed by atoms with van der Waals surface area (Å²) in [5.41, 5.74) is 0. The van der Waals surface area contributed by atoms with E-state index in [1.54, 1.807) is 0 Å². The van der Waals surface area contributed by atoms with Gasteiger partial charge in [0, 0.05) is 11.8 Å². The van der Waals surface area contributed by atoms with Gasteiger partial charge in [-0.15, -0.1) is 0 Å². The summed E-state index contributed by atoms with van der Waals surface area (Å²) in [6.07, 6.45) is 2.18. The van der Waals surface area contributed by atoms with Gasteiger partial charge < -0.3 is 14.6 Å². The molecule has 0 aromatic carbocycles. The second-order valence-corrected chi connectivity index (χ2v) is 8.11. The van der Waals surface area contributed by atoms with Crippen molar-refractivity contribution in [2.45, 2.75) is 63.1 Å². The van der Waals surface area contributed by atoms with Crippen LogP contribution in [0.5, 0.6) is 0 Å². The summed E-state index contributed by atoms with van der Waals surface area (Å²) in [7, 11) is 0. The molecule has 3 saturated carbocycles. The number of esters is 2. The molecule has 3 aliphatic carbocycles. The van der Waals surface area contributed by atoms with Crippen molar-refractivity contribution in [1.29, 1.82) is 0 Å². The molecule has 1 heterocycles. The van der Waals surface area contributed by atoms with Crippen LogP contribution in [0.15, 0.2) is 0 Å². The predicted molar refractivity (Wildman–Crippen MR) is 82.1 cm³/mol. The van der Waals surface area contributed by atoms with E-state index in [9.17, 15) is 23.2 Å². The SMILES string of the molecule is O=C(OC(C1CCCCC1)C(F)(F)C(=O)O)C1C2CC3OC(=O)C1C3C2. The highest BCUT2D eigenvalue weighted by molar-refractivity contribution is 5.86. The fourth-order valence-corrected chi connectivity index (χ4v) is 5.55. The first-order valence-corrected chi connectivity index (χ1v) is 9.33. The van der Waals surface area contributed by atoms with E-state index in [4.69, 9.17) is 14.6 Å². The lowest BCUT2D eigenvalue weighted by Crippen LogP contribution is -2.50. The van der Waals surface area contributed by atoms with Crippen molar-refractivity contribution in [2.24, 2.45) is 29.6 Å². The molecule has 0 aromatic rings. The number of aliphatic carboxylic acids is 1. The zero-order valence-electron chi connectivity index (χ0n) is 14.2. The average Bonchev–Trinajstić information content (AvgIpc) is 3.22. The second-order valence-electron chi connectivity index (χ2n) is 8.11. The van der Waals surface area contributed by atoms with Crippen LogP contribution in [0.1, 0.15) is 44.9 Å². The largest absolute Gasteiger partial charge is 0.477 e. The molecule has 6 atom stereocenters. The Morgan fingerprint density at radius 2 is 1.88 bits per heavy atom. The number of hydrogen-bond acceptors (Lipinski definition) is 5. The lowest BCUT2D eigenvalue weighted by molar-refractivity contribution is -0.206. The maximum absolute atomic E-state index is 14.3. The van der Waals surface area contributed by atoms with E-state index in [1.807, 2.05) is 0 Å². The molecule has 4 fully saturated rings. The second kappa shape index (κ2) is 6.16. The van der Waals surface area contributed by atoms with Crippen molar-refractivity contribution >= 4 is 17.9 Å². The zero-order chi connectivity index (χ0) is 18.6. The Morgan fingerprint density at radius 1 is 1.19 bits per heavy atom. The van der Waals surface area contributed by atoms with Crippen molar-refractivity contribution < 1.29 is 37.7 Å². The Morgan fingerprint density at radius 3 is 2.54 bits per heavy atom. The molecule has 6 unspecified atom stereocenters.